The van der Waals surface area contributed by atoms with Crippen LogP contribution >= 0.6 is 0 Å². The molecule has 2 amide bonds. The second-order valence-electron chi connectivity index (χ2n) is 6.05. The molecule has 1 aromatic heterocycles. The molecule has 3 rings (SSSR count). The van der Waals surface area contributed by atoms with Gasteiger partial charge in [0.25, 0.3) is 11.8 Å². The maximum Gasteiger partial charge on any atom is 0.417 e. The molecule has 0 unspecified atom stereocenters. The first-order valence-corrected chi connectivity index (χ1v) is 8.23. The molecule has 2 aromatic rings. The summed E-state index contributed by atoms with van der Waals surface area (Å²) in [5.74, 6) is -1.16. The topological polar surface area (TPSA) is 78.1 Å². The maximum atomic E-state index is 13.2. The Morgan fingerprint density at radius 3 is 2.78 bits per heavy atom. The van der Waals surface area contributed by atoms with Gasteiger partial charge in [-0.25, -0.2) is 0 Å². The Morgan fingerprint density at radius 2 is 2.07 bits per heavy atom. The molecule has 6 nitrogen and oxygen atoms in total. The van der Waals surface area contributed by atoms with Crippen LogP contribution in [0.3, 0.4) is 0 Å². The van der Waals surface area contributed by atoms with Gasteiger partial charge in [0.1, 0.15) is 0 Å². The molecule has 0 spiro atoms. The number of alkyl halides is 3. The van der Waals surface area contributed by atoms with Crippen LogP contribution in [0.5, 0.6) is 0 Å². The van der Waals surface area contributed by atoms with Gasteiger partial charge < -0.3 is 10.2 Å². The number of rotatable bonds is 4. The monoisotopic (exact) mass is 378 g/mol. The Morgan fingerprint density at radius 1 is 1.33 bits per heavy atom. The van der Waals surface area contributed by atoms with Crippen molar-refractivity contribution in [2.45, 2.75) is 19.1 Å². The van der Waals surface area contributed by atoms with Crippen LogP contribution in [0.1, 0.15) is 37.7 Å². The van der Waals surface area contributed by atoms with Crippen LogP contribution in [0.4, 0.5) is 13.2 Å². The summed E-state index contributed by atoms with van der Waals surface area (Å²) in [6.45, 7) is 4.00. The van der Waals surface area contributed by atoms with Gasteiger partial charge in [-0.05, 0) is 12.1 Å². The number of aromatic amines is 1. The van der Waals surface area contributed by atoms with E-state index in [0.717, 1.165) is 12.1 Å². The minimum atomic E-state index is -4.63. The predicted molar refractivity (Wildman–Crippen MR) is 91.0 cm³/mol. The summed E-state index contributed by atoms with van der Waals surface area (Å²) in [5.41, 5.74) is -0.0347. The Labute approximate surface area is 153 Å². The highest BCUT2D eigenvalue weighted by Gasteiger charge is 2.37. The van der Waals surface area contributed by atoms with Crippen molar-refractivity contribution in [3.8, 4) is 0 Å². The summed E-state index contributed by atoms with van der Waals surface area (Å²) < 4.78 is 39.6. The number of benzene rings is 1. The number of carbonyl (C=O) groups excluding carboxylic acids is 2. The van der Waals surface area contributed by atoms with E-state index in [2.05, 4.69) is 22.1 Å². The smallest absolute Gasteiger partial charge is 0.347 e. The Bertz CT molecular complexity index is 889. The van der Waals surface area contributed by atoms with Gasteiger partial charge in [-0.2, -0.15) is 18.3 Å². The van der Waals surface area contributed by atoms with Crippen LogP contribution in [-0.4, -0.2) is 40.0 Å². The number of hydrogen-bond donors (Lipinski definition) is 2. The maximum absolute atomic E-state index is 13.2. The van der Waals surface area contributed by atoms with E-state index in [4.69, 9.17) is 0 Å². The third-order valence-electron chi connectivity index (χ3n) is 4.31. The van der Waals surface area contributed by atoms with Crippen LogP contribution < -0.4 is 5.32 Å². The fraction of sp³-hybridized carbons (Fsp3) is 0.278. The Kier molecular flexibility index (Phi) is 5.02. The first-order valence-electron chi connectivity index (χ1n) is 8.23. The standard InChI is InChI=1S/C18H17F3N4O2/c1-2-8-22-16(26)15-12-10-25(9-7-14(12)23-24-15)17(27)11-5-3-4-6-13(11)18(19,20)21/h2-6H,1,7-10H2,(H,22,26)(H,23,24). The van der Waals surface area contributed by atoms with Gasteiger partial charge in [0.05, 0.1) is 17.7 Å². The number of hydrogen-bond acceptors (Lipinski definition) is 3. The number of H-pyrrole nitrogens is 1. The molecule has 0 saturated heterocycles. The summed E-state index contributed by atoms with van der Waals surface area (Å²) in [4.78, 5) is 26.2. The third kappa shape index (κ3) is 3.71. The lowest BCUT2D eigenvalue weighted by Gasteiger charge is -2.28. The summed E-state index contributed by atoms with van der Waals surface area (Å²) in [6, 6.07) is 4.68. The van der Waals surface area contributed by atoms with Gasteiger partial charge in [0.15, 0.2) is 5.69 Å². The van der Waals surface area contributed by atoms with Crippen LogP contribution in [0.25, 0.3) is 0 Å². The van der Waals surface area contributed by atoms with Gasteiger partial charge >= 0.3 is 6.18 Å². The number of fused-ring (bicyclic) bond motifs is 1. The fourth-order valence-corrected chi connectivity index (χ4v) is 2.99. The van der Waals surface area contributed by atoms with Crippen molar-refractivity contribution in [3.05, 3.63) is 65.0 Å². The fourth-order valence-electron chi connectivity index (χ4n) is 2.99. The van der Waals surface area contributed by atoms with Gasteiger partial charge in [-0.3, -0.25) is 14.7 Å². The minimum absolute atomic E-state index is 0.00764. The van der Waals surface area contributed by atoms with Crippen LogP contribution in [0.2, 0.25) is 0 Å². The molecular weight excluding hydrogens is 361 g/mol. The normalized spacial score (nSPS) is 13.8. The van der Waals surface area contributed by atoms with E-state index in [1.807, 2.05) is 0 Å². The SMILES string of the molecule is C=CCNC(=O)c1n[nH]c2c1CN(C(=O)c1ccccc1C(F)(F)F)CC2. The van der Waals surface area contributed by atoms with Crippen LogP contribution in [0, 0.1) is 0 Å². The average molecular weight is 378 g/mol. The third-order valence-corrected chi connectivity index (χ3v) is 4.31. The predicted octanol–water partition coefficient (Wildman–Crippen LogP) is 2.54. The van der Waals surface area contributed by atoms with Crippen molar-refractivity contribution in [2.24, 2.45) is 0 Å². The highest BCUT2D eigenvalue weighted by Crippen LogP contribution is 2.33. The quantitative estimate of drug-likeness (QED) is 0.803. The van der Waals surface area contributed by atoms with Crippen molar-refractivity contribution in [1.82, 2.24) is 20.4 Å². The van der Waals surface area contributed by atoms with Gasteiger partial charge in [0, 0.05) is 30.8 Å². The van der Waals surface area contributed by atoms with Crippen LogP contribution in [0.15, 0.2) is 36.9 Å². The first-order chi connectivity index (χ1) is 12.8. The van der Waals surface area contributed by atoms with Crippen molar-refractivity contribution < 1.29 is 22.8 Å². The zero-order valence-corrected chi connectivity index (χ0v) is 14.3. The Hall–Kier alpha value is -3.10. The second kappa shape index (κ2) is 7.26. The molecule has 0 atom stereocenters. The summed E-state index contributed by atoms with van der Waals surface area (Å²) in [6.07, 6.45) is -2.74. The lowest BCUT2D eigenvalue weighted by Crippen LogP contribution is -2.37. The highest BCUT2D eigenvalue weighted by molar-refractivity contribution is 5.97. The van der Waals surface area contributed by atoms with E-state index in [-0.39, 0.29) is 25.3 Å². The number of halogens is 3. The van der Waals surface area contributed by atoms with E-state index < -0.39 is 29.1 Å². The number of amides is 2. The van der Waals surface area contributed by atoms with Crippen molar-refractivity contribution in [3.63, 3.8) is 0 Å². The summed E-state index contributed by atoms with van der Waals surface area (Å²) >= 11 is 0. The minimum Gasteiger partial charge on any atom is -0.347 e. The van der Waals surface area contributed by atoms with Crippen LogP contribution in [-0.2, 0) is 19.1 Å². The molecule has 27 heavy (non-hydrogen) atoms. The molecule has 2 N–H and O–H groups in total. The molecule has 1 aromatic carbocycles. The number of carbonyl (C=O) groups is 2. The molecule has 0 radical (unpaired) electrons. The second-order valence-corrected chi connectivity index (χ2v) is 6.05. The lowest BCUT2D eigenvalue weighted by molar-refractivity contribution is -0.138. The molecule has 9 heteroatoms. The van der Waals surface area contributed by atoms with E-state index in [9.17, 15) is 22.8 Å². The van der Waals surface area contributed by atoms with Crippen molar-refractivity contribution in [1.29, 1.82) is 0 Å². The molecule has 0 saturated carbocycles. The molecule has 0 bridgehead atoms. The number of nitrogens with zero attached hydrogens (tertiary/aromatic N) is 2. The van der Waals surface area contributed by atoms with E-state index in [1.165, 1.54) is 23.1 Å². The molecule has 142 valence electrons. The highest BCUT2D eigenvalue weighted by atomic mass is 19.4. The largest absolute Gasteiger partial charge is 0.417 e. The molecule has 2 heterocycles. The zero-order chi connectivity index (χ0) is 19.6. The van der Waals surface area contributed by atoms with Crippen molar-refractivity contribution in [2.75, 3.05) is 13.1 Å². The van der Waals surface area contributed by atoms with Gasteiger partial charge in [-0.15, -0.1) is 6.58 Å². The average Bonchev–Trinajstić information content (AvgIpc) is 3.08. The summed E-state index contributed by atoms with van der Waals surface area (Å²) in [5, 5.41) is 9.35. The van der Waals surface area contributed by atoms with E-state index in [1.54, 1.807) is 0 Å². The first kappa shape index (κ1) is 18.7. The molecular formula is C18H17F3N4O2. The van der Waals surface area contributed by atoms with E-state index >= 15 is 0 Å². The molecule has 0 fully saturated rings. The molecule has 0 aliphatic carbocycles. The molecule has 1 aliphatic rings. The van der Waals surface area contributed by atoms with Gasteiger partial charge in [-0.1, -0.05) is 18.2 Å². The zero-order valence-electron chi connectivity index (χ0n) is 14.3. The molecule has 1 aliphatic heterocycles. The number of aromatic nitrogens is 2. The summed E-state index contributed by atoms with van der Waals surface area (Å²) in [7, 11) is 0. The number of nitrogens with one attached hydrogen (secondary N) is 2. The Balaban J connectivity index is 1.87. The van der Waals surface area contributed by atoms with Gasteiger partial charge in [0.2, 0.25) is 0 Å². The lowest BCUT2D eigenvalue weighted by atomic mass is 10.0. The van der Waals surface area contributed by atoms with E-state index in [0.29, 0.717) is 17.7 Å². The van der Waals surface area contributed by atoms with Crippen molar-refractivity contribution >= 4 is 11.8 Å².